The lowest BCUT2D eigenvalue weighted by atomic mass is 10.2. The summed E-state index contributed by atoms with van der Waals surface area (Å²) in [5, 5.41) is 23.4. The Bertz CT molecular complexity index is 691. The van der Waals surface area contributed by atoms with Crippen molar-refractivity contribution in [2.45, 2.75) is 49.3 Å². The van der Waals surface area contributed by atoms with E-state index < -0.39 is 5.97 Å². The fraction of sp³-hybridized carbons (Fsp3) is 0.538. The number of carbonyl (C=O) groups is 1. The van der Waals surface area contributed by atoms with Gasteiger partial charge in [0.05, 0.1) is 5.69 Å². The number of aryl methyl sites for hydroxylation is 3. The molecule has 0 saturated carbocycles. The molecule has 2 aromatic rings. The van der Waals surface area contributed by atoms with Crippen LogP contribution in [0, 0.1) is 6.92 Å². The highest BCUT2D eigenvalue weighted by Crippen LogP contribution is 2.32. The Kier molecular flexibility index (Phi) is 3.71. The minimum atomic E-state index is -0.960. The van der Waals surface area contributed by atoms with Gasteiger partial charge in [0, 0.05) is 20.0 Å². The quantitative estimate of drug-likeness (QED) is 0.932. The molecule has 0 aliphatic carbocycles. The van der Waals surface area contributed by atoms with E-state index in [9.17, 15) is 9.90 Å². The molecular weight excluding hydrogens is 290 g/mol. The van der Waals surface area contributed by atoms with Gasteiger partial charge in [0.1, 0.15) is 16.4 Å². The van der Waals surface area contributed by atoms with Crippen LogP contribution >= 0.6 is 11.8 Å². The first-order valence-corrected chi connectivity index (χ1v) is 7.76. The number of carboxylic acid groups (broad SMARTS) is 1. The maximum absolute atomic E-state index is 11.4. The highest BCUT2D eigenvalue weighted by molar-refractivity contribution is 7.99. The Morgan fingerprint density at radius 1 is 1.29 bits per heavy atom. The SMILES string of the molecule is Cc1nn(C)c(Sc2nnc3n2CCCCC3)c1C(=O)O. The fourth-order valence-corrected chi connectivity index (χ4v) is 3.69. The smallest absolute Gasteiger partial charge is 0.340 e. The zero-order chi connectivity index (χ0) is 15.0. The molecule has 0 amide bonds. The lowest BCUT2D eigenvalue weighted by molar-refractivity contribution is 0.0692. The molecule has 8 heteroatoms. The largest absolute Gasteiger partial charge is 0.478 e. The third kappa shape index (κ3) is 2.55. The van der Waals surface area contributed by atoms with Crippen molar-refractivity contribution in [3.63, 3.8) is 0 Å². The van der Waals surface area contributed by atoms with Crippen LogP contribution < -0.4 is 0 Å². The molecule has 1 aliphatic rings. The molecule has 0 fully saturated rings. The van der Waals surface area contributed by atoms with E-state index >= 15 is 0 Å². The van der Waals surface area contributed by atoms with Crippen LogP contribution in [0.4, 0.5) is 0 Å². The predicted octanol–water partition coefficient (Wildman–Crippen LogP) is 1.90. The summed E-state index contributed by atoms with van der Waals surface area (Å²) in [6, 6.07) is 0. The van der Waals surface area contributed by atoms with Crippen molar-refractivity contribution in [3.8, 4) is 0 Å². The Balaban J connectivity index is 1.98. The van der Waals surface area contributed by atoms with Crippen molar-refractivity contribution in [2.75, 3.05) is 0 Å². The van der Waals surface area contributed by atoms with E-state index in [4.69, 9.17) is 0 Å². The summed E-state index contributed by atoms with van der Waals surface area (Å²) in [7, 11) is 1.75. The van der Waals surface area contributed by atoms with Gasteiger partial charge in [-0.1, -0.05) is 6.42 Å². The second-order valence-corrected chi connectivity index (χ2v) is 6.11. The van der Waals surface area contributed by atoms with E-state index in [0.29, 0.717) is 10.7 Å². The molecule has 7 nitrogen and oxygen atoms in total. The molecular formula is C13H17N5O2S. The van der Waals surface area contributed by atoms with Gasteiger partial charge in [-0.25, -0.2) is 4.79 Å². The van der Waals surface area contributed by atoms with E-state index in [-0.39, 0.29) is 5.56 Å². The van der Waals surface area contributed by atoms with E-state index in [2.05, 4.69) is 19.9 Å². The zero-order valence-corrected chi connectivity index (χ0v) is 12.9. The van der Waals surface area contributed by atoms with Gasteiger partial charge in [0.25, 0.3) is 0 Å². The average Bonchev–Trinajstić information content (AvgIpc) is 2.82. The Hall–Kier alpha value is -1.83. The standard InChI is InChI=1S/C13H17N5O2S/c1-8-10(12(19)20)11(17(2)16-8)21-13-15-14-9-6-4-3-5-7-18(9)13/h3-7H2,1-2H3,(H,19,20). The van der Waals surface area contributed by atoms with Crippen molar-refractivity contribution in [1.29, 1.82) is 0 Å². The molecule has 0 unspecified atom stereocenters. The van der Waals surface area contributed by atoms with Crippen molar-refractivity contribution in [2.24, 2.45) is 7.05 Å². The van der Waals surface area contributed by atoms with Gasteiger partial charge >= 0.3 is 5.97 Å². The van der Waals surface area contributed by atoms with Crippen LogP contribution in [0.2, 0.25) is 0 Å². The lowest BCUT2D eigenvalue weighted by Crippen LogP contribution is -2.04. The van der Waals surface area contributed by atoms with Crippen LogP contribution in [-0.4, -0.2) is 35.6 Å². The average molecular weight is 307 g/mol. The monoisotopic (exact) mass is 307 g/mol. The number of rotatable bonds is 3. The second kappa shape index (κ2) is 5.51. The molecule has 0 bridgehead atoms. The third-order valence-corrected chi connectivity index (χ3v) is 4.79. The predicted molar refractivity (Wildman–Crippen MR) is 76.6 cm³/mol. The molecule has 0 saturated heterocycles. The molecule has 0 aromatic carbocycles. The number of fused-ring (bicyclic) bond motifs is 1. The fourth-order valence-electron chi connectivity index (χ4n) is 2.62. The van der Waals surface area contributed by atoms with Gasteiger partial charge in [0.15, 0.2) is 5.16 Å². The maximum atomic E-state index is 11.4. The summed E-state index contributed by atoms with van der Waals surface area (Å²) < 4.78 is 3.70. The molecule has 1 N–H and O–H groups in total. The van der Waals surface area contributed by atoms with Crippen LogP contribution in [-0.2, 0) is 20.0 Å². The van der Waals surface area contributed by atoms with Gasteiger partial charge in [-0.3, -0.25) is 4.68 Å². The molecule has 1 aliphatic heterocycles. The minimum Gasteiger partial charge on any atom is -0.478 e. The molecule has 0 spiro atoms. The van der Waals surface area contributed by atoms with Gasteiger partial charge < -0.3 is 9.67 Å². The van der Waals surface area contributed by atoms with Gasteiger partial charge in [-0.05, 0) is 31.5 Å². The summed E-state index contributed by atoms with van der Waals surface area (Å²) in [5.41, 5.74) is 0.761. The van der Waals surface area contributed by atoms with Gasteiger partial charge in [-0.2, -0.15) is 5.10 Å². The number of aromatic carboxylic acids is 1. The second-order valence-electron chi connectivity index (χ2n) is 5.16. The van der Waals surface area contributed by atoms with E-state index in [1.54, 1.807) is 18.7 Å². The van der Waals surface area contributed by atoms with E-state index in [0.717, 1.165) is 36.8 Å². The summed E-state index contributed by atoms with van der Waals surface area (Å²) in [6.45, 7) is 2.60. The lowest BCUT2D eigenvalue weighted by Gasteiger charge is -2.07. The topological polar surface area (TPSA) is 85.8 Å². The van der Waals surface area contributed by atoms with Gasteiger partial charge in [0.2, 0.25) is 0 Å². The van der Waals surface area contributed by atoms with Crippen LogP contribution in [0.25, 0.3) is 0 Å². The van der Waals surface area contributed by atoms with E-state index in [1.165, 1.54) is 18.2 Å². The highest BCUT2D eigenvalue weighted by atomic mass is 32.2. The molecule has 21 heavy (non-hydrogen) atoms. The first-order valence-electron chi connectivity index (χ1n) is 6.94. The van der Waals surface area contributed by atoms with Gasteiger partial charge in [-0.15, -0.1) is 10.2 Å². The number of hydrogen-bond acceptors (Lipinski definition) is 5. The number of hydrogen-bond donors (Lipinski definition) is 1. The van der Waals surface area contributed by atoms with Crippen molar-refractivity contribution in [1.82, 2.24) is 24.5 Å². The maximum Gasteiger partial charge on any atom is 0.340 e. The van der Waals surface area contributed by atoms with Crippen LogP contribution in [0.1, 0.15) is 41.1 Å². The zero-order valence-electron chi connectivity index (χ0n) is 12.0. The number of carboxylic acids is 1. The molecule has 112 valence electrons. The van der Waals surface area contributed by atoms with Crippen molar-refractivity contribution in [3.05, 3.63) is 17.1 Å². The Morgan fingerprint density at radius 2 is 2.10 bits per heavy atom. The summed E-state index contributed by atoms with van der Waals surface area (Å²) >= 11 is 1.33. The first-order chi connectivity index (χ1) is 10.1. The Labute approximate surface area is 126 Å². The number of aromatic nitrogens is 5. The summed E-state index contributed by atoms with van der Waals surface area (Å²) in [6.07, 6.45) is 4.37. The Morgan fingerprint density at radius 3 is 2.86 bits per heavy atom. The highest BCUT2D eigenvalue weighted by Gasteiger charge is 2.23. The van der Waals surface area contributed by atoms with Crippen LogP contribution in [0.5, 0.6) is 0 Å². The van der Waals surface area contributed by atoms with Crippen molar-refractivity contribution < 1.29 is 9.90 Å². The molecule has 3 rings (SSSR count). The van der Waals surface area contributed by atoms with Crippen LogP contribution in [0.15, 0.2) is 10.2 Å². The first kappa shape index (κ1) is 14.1. The molecule has 0 radical (unpaired) electrons. The third-order valence-electron chi connectivity index (χ3n) is 3.65. The molecule has 2 aromatic heterocycles. The summed E-state index contributed by atoms with van der Waals surface area (Å²) in [5.74, 6) is 0.0319. The minimum absolute atomic E-state index is 0.244. The summed E-state index contributed by atoms with van der Waals surface area (Å²) in [4.78, 5) is 11.4. The molecule has 3 heterocycles. The van der Waals surface area contributed by atoms with E-state index in [1.807, 2.05) is 0 Å². The number of nitrogens with zero attached hydrogens (tertiary/aromatic N) is 5. The normalized spacial score (nSPS) is 14.8. The van der Waals surface area contributed by atoms with Crippen molar-refractivity contribution >= 4 is 17.7 Å². The molecule has 0 atom stereocenters. The van der Waals surface area contributed by atoms with Crippen LogP contribution in [0.3, 0.4) is 0 Å².